The fourth-order valence-corrected chi connectivity index (χ4v) is 4.35. The van der Waals surface area contributed by atoms with Crippen molar-refractivity contribution < 1.29 is 0 Å². The van der Waals surface area contributed by atoms with E-state index in [1.807, 2.05) is 6.20 Å². The van der Waals surface area contributed by atoms with Crippen molar-refractivity contribution in [3.05, 3.63) is 16.4 Å². The van der Waals surface area contributed by atoms with Gasteiger partial charge in [0.25, 0.3) is 0 Å². The lowest BCUT2D eigenvalue weighted by atomic mass is 9.92. The Morgan fingerprint density at radius 3 is 2.74 bits per heavy atom. The number of hydrogen-bond acceptors (Lipinski definition) is 2. The molecule has 1 aromatic heterocycles. The van der Waals surface area contributed by atoms with Crippen LogP contribution in [0.5, 0.6) is 0 Å². The summed E-state index contributed by atoms with van der Waals surface area (Å²) in [4.78, 5) is 0. The van der Waals surface area contributed by atoms with Crippen LogP contribution in [0.4, 0.5) is 0 Å². The maximum atomic E-state index is 4.54. The zero-order valence-electron chi connectivity index (χ0n) is 11.9. The van der Waals surface area contributed by atoms with Gasteiger partial charge in [0.2, 0.25) is 0 Å². The summed E-state index contributed by atoms with van der Waals surface area (Å²) >= 11 is 3.71. The molecule has 1 heterocycles. The van der Waals surface area contributed by atoms with Crippen molar-refractivity contribution in [1.82, 2.24) is 15.1 Å². The van der Waals surface area contributed by atoms with Crippen LogP contribution in [0.3, 0.4) is 0 Å². The van der Waals surface area contributed by atoms with Crippen LogP contribution in [0.2, 0.25) is 0 Å². The Hall–Kier alpha value is -0.350. The van der Waals surface area contributed by atoms with Gasteiger partial charge in [-0.15, -0.1) is 0 Å². The van der Waals surface area contributed by atoms with Gasteiger partial charge < -0.3 is 5.32 Å². The molecule has 3 nitrogen and oxygen atoms in total. The van der Waals surface area contributed by atoms with Crippen molar-refractivity contribution in [2.45, 2.75) is 52.1 Å². The van der Waals surface area contributed by atoms with Crippen molar-refractivity contribution in [3.8, 4) is 0 Å². The first-order valence-electron chi connectivity index (χ1n) is 7.69. The normalized spacial score (nSPS) is 30.4. The fourth-order valence-electron chi connectivity index (χ4n) is 3.81. The van der Waals surface area contributed by atoms with Crippen LogP contribution in [0.15, 0.2) is 10.7 Å². The summed E-state index contributed by atoms with van der Waals surface area (Å²) in [7, 11) is 0. The number of rotatable bonds is 6. The molecular formula is C15H24BrN3. The van der Waals surface area contributed by atoms with Crippen molar-refractivity contribution >= 4 is 15.9 Å². The molecule has 1 N–H and O–H groups in total. The van der Waals surface area contributed by atoms with Gasteiger partial charge in [-0.05, 0) is 65.9 Å². The molecule has 0 saturated heterocycles. The molecule has 0 aliphatic heterocycles. The molecule has 2 fully saturated rings. The maximum absolute atomic E-state index is 4.54. The Bertz CT molecular complexity index is 433. The summed E-state index contributed by atoms with van der Waals surface area (Å²) in [5.41, 5.74) is 1.37. The molecule has 3 atom stereocenters. The van der Waals surface area contributed by atoms with Crippen molar-refractivity contribution in [2.24, 2.45) is 17.8 Å². The Morgan fingerprint density at radius 2 is 2.11 bits per heavy atom. The summed E-state index contributed by atoms with van der Waals surface area (Å²) in [6.45, 7) is 6.46. The van der Waals surface area contributed by atoms with Crippen LogP contribution in [-0.4, -0.2) is 16.3 Å². The first kappa shape index (κ1) is 13.6. The van der Waals surface area contributed by atoms with Gasteiger partial charge in [-0.1, -0.05) is 13.8 Å². The molecule has 2 saturated carbocycles. The monoisotopic (exact) mass is 325 g/mol. The van der Waals surface area contributed by atoms with Gasteiger partial charge in [0.15, 0.2) is 0 Å². The van der Waals surface area contributed by atoms with Crippen LogP contribution in [-0.2, 0) is 6.54 Å². The second-order valence-corrected chi connectivity index (χ2v) is 6.98. The fraction of sp³-hybridized carbons (Fsp3) is 0.800. The van der Waals surface area contributed by atoms with Gasteiger partial charge in [0, 0.05) is 6.54 Å². The quantitative estimate of drug-likeness (QED) is 0.863. The van der Waals surface area contributed by atoms with E-state index in [9.17, 15) is 0 Å². The lowest BCUT2D eigenvalue weighted by Gasteiger charge is -2.27. The molecule has 0 spiro atoms. The molecule has 0 aromatic carbocycles. The van der Waals surface area contributed by atoms with E-state index in [0.29, 0.717) is 6.04 Å². The minimum Gasteiger partial charge on any atom is -0.309 e. The smallest absolute Gasteiger partial charge is 0.0698 e. The highest BCUT2D eigenvalue weighted by Crippen LogP contribution is 2.57. The van der Waals surface area contributed by atoms with Gasteiger partial charge in [0.05, 0.1) is 22.4 Å². The highest BCUT2D eigenvalue weighted by atomic mass is 79.9. The van der Waals surface area contributed by atoms with Crippen LogP contribution in [0.25, 0.3) is 0 Å². The van der Waals surface area contributed by atoms with E-state index in [1.54, 1.807) is 0 Å². The van der Waals surface area contributed by atoms with E-state index in [-0.39, 0.29) is 0 Å². The van der Waals surface area contributed by atoms with Gasteiger partial charge in [0.1, 0.15) is 0 Å². The molecule has 0 bridgehead atoms. The number of nitrogens with one attached hydrogen (secondary N) is 1. The summed E-state index contributed by atoms with van der Waals surface area (Å²) in [6, 6.07) is 0.473. The first-order valence-corrected chi connectivity index (χ1v) is 8.48. The van der Waals surface area contributed by atoms with Crippen molar-refractivity contribution in [2.75, 3.05) is 6.54 Å². The first-order chi connectivity index (χ1) is 9.24. The highest BCUT2D eigenvalue weighted by molar-refractivity contribution is 9.10. The third-order valence-corrected chi connectivity index (χ3v) is 5.35. The van der Waals surface area contributed by atoms with Crippen molar-refractivity contribution in [3.63, 3.8) is 0 Å². The molecule has 106 valence electrons. The van der Waals surface area contributed by atoms with Gasteiger partial charge in [-0.3, -0.25) is 4.68 Å². The SMILES string of the molecule is CCCn1ncc(Br)c1C(NCC)C1CC2CC2C1. The molecule has 3 unspecified atom stereocenters. The number of halogens is 1. The van der Waals surface area contributed by atoms with E-state index < -0.39 is 0 Å². The molecule has 1 aromatic rings. The molecule has 0 radical (unpaired) electrons. The number of aryl methyl sites for hydroxylation is 1. The number of fused-ring (bicyclic) bond motifs is 1. The lowest BCUT2D eigenvalue weighted by Crippen LogP contribution is -2.30. The van der Waals surface area contributed by atoms with Gasteiger partial charge in [-0.25, -0.2) is 0 Å². The van der Waals surface area contributed by atoms with Crippen LogP contribution < -0.4 is 5.32 Å². The predicted molar refractivity (Wildman–Crippen MR) is 81.0 cm³/mol. The molecular weight excluding hydrogens is 302 g/mol. The Morgan fingerprint density at radius 1 is 1.37 bits per heavy atom. The number of aromatic nitrogens is 2. The average Bonchev–Trinajstić information content (AvgIpc) is 2.84. The average molecular weight is 326 g/mol. The second kappa shape index (κ2) is 5.57. The van der Waals surface area contributed by atoms with Crippen molar-refractivity contribution in [1.29, 1.82) is 0 Å². The molecule has 19 heavy (non-hydrogen) atoms. The van der Waals surface area contributed by atoms with E-state index in [1.165, 1.54) is 29.4 Å². The molecule has 0 amide bonds. The molecule has 2 aliphatic carbocycles. The zero-order chi connectivity index (χ0) is 13.4. The topological polar surface area (TPSA) is 29.9 Å². The number of nitrogens with zero attached hydrogens (tertiary/aromatic N) is 2. The highest BCUT2D eigenvalue weighted by Gasteiger charge is 2.48. The summed E-state index contributed by atoms with van der Waals surface area (Å²) in [5, 5.41) is 8.26. The third-order valence-electron chi connectivity index (χ3n) is 4.74. The maximum Gasteiger partial charge on any atom is 0.0698 e. The van der Waals surface area contributed by atoms with E-state index in [0.717, 1.165) is 37.3 Å². The van der Waals surface area contributed by atoms with Crippen LogP contribution in [0, 0.1) is 17.8 Å². The van der Waals surface area contributed by atoms with Gasteiger partial charge >= 0.3 is 0 Å². The lowest BCUT2D eigenvalue weighted by molar-refractivity contribution is 0.325. The Labute approximate surface area is 124 Å². The van der Waals surface area contributed by atoms with Gasteiger partial charge in [-0.2, -0.15) is 5.10 Å². The third kappa shape index (κ3) is 2.62. The summed E-state index contributed by atoms with van der Waals surface area (Å²) < 4.78 is 3.37. The van der Waals surface area contributed by atoms with E-state index in [4.69, 9.17) is 0 Å². The standard InChI is InChI=1S/C15H24BrN3/c1-3-5-19-15(13(16)9-18-19)14(17-4-2)12-7-10-6-11(10)8-12/h9-12,14,17H,3-8H2,1-2H3. The minimum absolute atomic E-state index is 0.473. The Kier molecular flexibility index (Phi) is 3.99. The zero-order valence-corrected chi connectivity index (χ0v) is 13.5. The largest absolute Gasteiger partial charge is 0.309 e. The van der Waals surface area contributed by atoms with Crippen LogP contribution in [0.1, 0.15) is 51.3 Å². The molecule has 2 aliphatic rings. The second-order valence-electron chi connectivity index (χ2n) is 6.12. The molecule has 3 rings (SSSR count). The minimum atomic E-state index is 0.473. The summed E-state index contributed by atoms with van der Waals surface area (Å²) in [6.07, 6.45) is 7.41. The number of hydrogen-bond donors (Lipinski definition) is 1. The van der Waals surface area contributed by atoms with E-state index >= 15 is 0 Å². The summed E-state index contributed by atoms with van der Waals surface area (Å²) in [5.74, 6) is 2.87. The Balaban J connectivity index is 1.84. The predicted octanol–water partition coefficient (Wildman–Crippen LogP) is 3.75. The molecule has 4 heteroatoms. The van der Waals surface area contributed by atoms with E-state index in [2.05, 4.69) is 44.9 Å². The van der Waals surface area contributed by atoms with Crippen LogP contribution >= 0.6 is 15.9 Å².